The molecule has 2 heteroatoms. The van der Waals surface area contributed by atoms with Crippen LogP contribution in [0.25, 0.3) is 0 Å². The lowest BCUT2D eigenvalue weighted by Crippen LogP contribution is -2.53. The van der Waals surface area contributed by atoms with Gasteiger partial charge in [-0.2, -0.15) is 0 Å². The fraction of sp³-hybridized carbons (Fsp3) is 0.833. The predicted octanol–water partition coefficient (Wildman–Crippen LogP) is 8.27. The van der Waals surface area contributed by atoms with Crippen molar-refractivity contribution in [3.63, 3.8) is 0 Å². The Morgan fingerprint density at radius 1 is 1.12 bits per heavy atom. The van der Waals surface area contributed by atoms with Crippen molar-refractivity contribution < 1.29 is 9.53 Å². The molecule has 180 valence electrons. The molecule has 3 saturated carbocycles. The molecular formula is C30H48O2. The van der Waals surface area contributed by atoms with Gasteiger partial charge in [-0.05, 0) is 118 Å². The van der Waals surface area contributed by atoms with E-state index in [4.69, 9.17) is 4.74 Å². The molecule has 0 N–H and O–H groups in total. The zero-order chi connectivity index (χ0) is 23.3. The van der Waals surface area contributed by atoms with Gasteiger partial charge < -0.3 is 4.74 Å². The Labute approximate surface area is 197 Å². The highest BCUT2D eigenvalue weighted by Crippen LogP contribution is 2.72. The quantitative estimate of drug-likeness (QED) is 0.317. The third-order valence-corrected chi connectivity index (χ3v) is 11.1. The zero-order valence-corrected chi connectivity index (χ0v) is 21.9. The molecule has 32 heavy (non-hydrogen) atoms. The van der Waals surface area contributed by atoms with Crippen LogP contribution in [0.1, 0.15) is 113 Å². The molecule has 0 spiro atoms. The summed E-state index contributed by atoms with van der Waals surface area (Å²) >= 11 is 0. The van der Waals surface area contributed by atoms with Crippen molar-refractivity contribution in [2.45, 2.75) is 119 Å². The second-order valence-corrected chi connectivity index (χ2v) is 12.9. The molecule has 0 saturated heterocycles. The van der Waals surface area contributed by atoms with Gasteiger partial charge in [-0.1, -0.05) is 51.0 Å². The van der Waals surface area contributed by atoms with Crippen LogP contribution in [0.2, 0.25) is 0 Å². The lowest BCUT2D eigenvalue weighted by Gasteiger charge is -2.61. The largest absolute Gasteiger partial charge is 0.463 e. The minimum Gasteiger partial charge on any atom is -0.463 e. The Hall–Kier alpha value is -1.05. The van der Waals surface area contributed by atoms with Gasteiger partial charge in [0.2, 0.25) is 0 Å². The second-order valence-electron chi connectivity index (χ2n) is 12.9. The van der Waals surface area contributed by atoms with Crippen molar-refractivity contribution in [2.75, 3.05) is 0 Å². The van der Waals surface area contributed by atoms with Crippen LogP contribution in [0.15, 0.2) is 23.3 Å². The molecule has 4 aliphatic carbocycles. The lowest BCUT2D eigenvalue weighted by atomic mass is 9.43. The van der Waals surface area contributed by atoms with Crippen LogP contribution in [-0.4, -0.2) is 12.1 Å². The fourth-order valence-electron chi connectivity index (χ4n) is 8.99. The maximum atomic E-state index is 11.5. The van der Waals surface area contributed by atoms with E-state index in [9.17, 15) is 4.79 Å². The minimum absolute atomic E-state index is 0.109. The van der Waals surface area contributed by atoms with Crippen LogP contribution in [0.4, 0.5) is 0 Å². The molecule has 0 heterocycles. The van der Waals surface area contributed by atoms with E-state index in [-0.39, 0.29) is 12.1 Å². The highest BCUT2D eigenvalue weighted by Gasteiger charge is 2.63. The summed E-state index contributed by atoms with van der Waals surface area (Å²) in [5, 5.41) is 0. The molecule has 0 aromatic carbocycles. The zero-order valence-electron chi connectivity index (χ0n) is 21.9. The molecule has 0 radical (unpaired) electrons. The summed E-state index contributed by atoms with van der Waals surface area (Å²) in [5.74, 6) is 2.95. The van der Waals surface area contributed by atoms with Crippen molar-refractivity contribution in [3.8, 4) is 0 Å². The summed E-state index contributed by atoms with van der Waals surface area (Å²) in [6.45, 7) is 16.4. The van der Waals surface area contributed by atoms with E-state index in [1.807, 2.05) is 5.57 Å². The molecule has 0 unspecified atom stereocenters. The van der Waals surface area contributed by atoms with Gasteiger partial charge >= 0.3 is 5.97 Å². The van der Waals surface area contributed by atoms with Gasteiger partial charge in [-0.15, -0.1) is 0 Å². The SMILES string of the molecule is CC(=O)O[C@H]1CC[C@@]2(C)[C@@H](CC=C3[C@@H]2CC[C@]2(C)[C@@H]([C@H](C)CCC=C(C)C)CC[C@@]32C)C1. The first-order valence-electron chi connectivity index (χ1n) is 13.5. The molecule has 4 rings (SSSR count). The molecule has 0 aromatic heterocycles. The topological polar surface area (TPSA) is 26.3 Å². The summed E-state index contributed by atoms with van der Waals surface area (Å²) in [5.41, 5.74) is 4.48. The van der Waals surface area contributed by atoms with Gasteiger partial charge in [0, 0.05) is 6.92 Å². The highest BCUT2D eigenvalue weighted by molar-refractivity contribution is 5.66. The Bertz CT molecular complexity index is 789. The van der Waals surface area contributed by atoms with E-state index in [1.54, 1.807) is 6.92 Å². The molecule has 3 fully saturated rings. The van der Waals surface area contributed by atoms with E-state index in [1.165, 1.54) is 56.9 Å². The van der Waals surface area contributed by atoms with E-state index in [0.717, 1.165) is 30.6 Å². The molecule has 2 nitrogen and oxygen atoms in total. The van der Waals surface area contributed by atoms with E-state index in [0.29, 0.717) is 22.2 Å². The van der Waals surface area contributed by atoms with Gasteiger partial charge in [0.25, 0.3) is 0 Å². The lowest BCUT2D eigenvalue weighted by molar-refractivity contribution is -0.152. The van der Waals surface area contributed by atoms with Crippen molar-refractivity contribution in [3.05, 3.63) is 23.3 Å². The number of carbonyl (C=O) groups is 1. The van der Waals surface area contributed by atoms with Crippen LogP contribution >= 0.6 is 0 Å². The first-order valence-corrected chi connectivity index (χ1v) is 13.5. The Morgan fingerprint density at radius 2 is 1.88 bits per heavy atom. The molecule has 0 bridgehead atoms. The van der Waals surface area contributed by atoms with Gasteiger partial charge in [0.1, 0.15) is 6.10 Å². The standard InChI is InChI=1S/C30H48O2/c1-20(2)9-8-10-21(3)25-14-17-30(7)27-12-11-23-19-24(32-22(4)31)13-16-28(23,5)26(27)15-18-29(25,30)6/h9,12,21,23-26H,8,10-11,13-19H2,1-7H3/t21-,23+,24+,25-,26+,28+,29-,30+/m1/s1. The number of hydrogen-bond donors (Lipinski definition) is 0. The van der Waals surface area contributed by atoms with Crippen molar-refractivity contribution >= 4 is 5.97 Å². The van der Waals surface area contributed by atoms with Crippen LogP contribution in [-0.2, 0) is 9.53 Å². The minimum atomic E-state index is -0.109. The number of rotatable bonds is 5. The normalized spacial score (nSPS) is 43.9. The van der Waals surface area contributed by atoms with Gasteiger partial charge in [-0.25, -0.2) is 0 Å². The van der Waals surface area contributed by atoms with Crippen molar-refractivity contribution in [1.82, 2.24) is 0 Å². The van der Waals surface area contributed by atoms with Gasteiger partial charge in [0.05, 0.1) is 0 Å². The summed E-state index contributed by atoms with van der Waals surface area (Å²) in [6.07, 6.45) is 17.9. The average molecular weight is 441 g/mol. The fourth-order valence-corrected chi connectivity index (χ4v) is 8.99. The van der Waals surface area contributed by atoms with Crippen molar-refractivity contribution in [2.24, 2.45) is 39.9 Å². The molecular weight excluding hydrogens is 392 g/mol. The predicted molar refractivity (Wildman–Crippen MR) is 133 cm³/mol. The number of carbonyl (C=O) groups excluding carboxylic acids is 1. The molecule has 4 aliphatic rings. The van der Waals surface area contributed by atoms with Crippen LogP contribution < -0.4 is 0 Å². The number of allylic oxidation sites excluding steroid dienone is 4. The average Bonchev–Trinajstić information content (AvgIpc) is 2.99. The summed E-state index contributed by atoms with van der Waals surface area (Å²) < 4.78 is 5.65. The van der Waals surface area contributed by atoms with E-state index in [2.05, 4.69) is 53.7 Å². The second kappa shape index (κ2) is 8.62. The first kappa shape index (κ1) is 24.1. The summed E-state index contributed by atoms with van der Waals surface area (Å²) in [4.78, 5) is 11.5. The number of esters is 1. The Balaban J connectivity index is 1.55. The molecule has 0 aromatic rings. The Kier molecular flexibility index (Phi) is 6.49. The highest BCUT2D eigenvalue weighted by atomic mass is 16.5. The van der Waals surface area contributed by atoms with Gasteiger partial charge in [-0.3, -0.25) is 4.79 Å². The Morgan fingerprint density at radius 3 is 2.56 bits per heavy atom. The van der Waals surface area contributed by atoms with Crippen LogP contribution in [0, 0.1) is 39.9 Å². The van der Waals surface area contributed by atoms with Gasteiger partial charge in [0.15, 0.2) is 0 Å². The third-order valence-electron chi connectivity index (χ3n) is 11.1. The van der Waals surface area contributed by atoms with E-state index < -0.39 is 0 Å². The van der Waals surface area contributed by atoms with Crippen LogP contribution in [0.5, 0.6) is 0 Å². The molecule has 8 atom stereocenters. The maximum absolute atomic E-state index is 11.5. The smallest absolute Gasteiger partial charge is 0.302 e. The third kappa shape index (κ3) is 3.82. The van der Waals surface area contributed by atoms with E-state index >= 15 is 0 Å². The first-order chi connectivity index (χ1) is 15.0. The molecule has 0 amide bonds. The number of fused-ring (bicyclic) bond motifs is 5. The summed E-state index contributed by atoms with van der Waals surface area (Å²) in [7, 11) is 0. The monoisotopic (exact) mass is 440 g/mol. The summed E-state index contributed by atoms with van der Waals surface area (Å²) in [6, 6.07) is 0. The molecule has 0 aliphatic heterocycles. The van der Waals surface area contributed by atoms with Crippen molar-refractivity contribution in [1.29, 1.82) is 0 Å². The number of ether oxygens (including phenoxy) is 1. The number of hydrogen-bond acceptors (Lipinski definition) is 2. The maximum Gasteiger partial charge on any atom is 0.302 e. The van der Waals surface area contributed by atoms with Crippen LogP contribution in [0.3, 0.4) is 0 Å².